The monoisotopic (exact) mass is 447 g/mol. The molecule has 8 heteroatoms. The number of benzene rings is 2. The molecule has 0 aliphatic carbocycles. The van der Waals surface area contributed by atoms with E-state index in [4.69, 9.17) is 13.7 Å². The first kappa shape index (κ1) is 24.4. The van der Waals surface area contributed by atoms with E-state index in [0.717, 1.165) is 23.1 Å². The highest BCUT2D eigenvalue weighted by molar-refractivity contribution is 7.86. The van der Waals surface area contributed by atoms with E-state index in [9.17, 15) is 13.2 Å². The Morgan fingerprint density at radius 2 is 1.71 bits per heavy atom. The van der Waals surface area contributed by atoms with Gasteiger partial charge in [0, 0.05) is 25.3 Å². The fourth-order valence-electron chi connectivity index (χ4n) is 2.80. The second-order valence-corrected chi connectivity index (χ2v) is 8.31. The van der Waals surface area contributed by atoms with Gasteiger partial charge in [0.2, 0.25) is 0 Å². The first-order chi connectivity index (χ1) is 14.8. The normalized spacial score (nSPS) is 12.5. The summed E-state index contributed by atoms with van der Waals surface area (Å²) in [6.45, 7) is 5.02. The molecule has 0 heterocycles. The predicted octanol–water partition coefficient (Wildman–Crippen LogP) is 3.66. The van der Waals surface area contributed by atoms with Crippen molar-refractivity contribution < 1.29 is 26.9 Å². The molecule has 2 aromatic carbocycles. The summed E-state index contributed by atoms with van der Waals surface area (Å²) in [6, 6.07) is 14.6. The van der Waals surface area contributed by atoms with E-state index in [2.05, 4.69) is 5.32 Å². The predicted molar refractivity (Wildman–Crippen MR) is 122 cm³/mol. The van der Waals surface area contributed by atoms with Crippen molar-refractivity contribution in [3.05, 3.63) is 65.7 Å². The number of esters is 1. The van der Waals surface area contributed by atoms with E-state index in [1.165, 1.54) is 0 Å². The Morgan fingerprint density at radius 1 is 1.03 bits per heavy atom. The van der Waals surface area contributed by atoms with Crippen LogP contribution in [0.4, 0.5) is 5.69 Å². The third-order valence-electron chi connectivity index (χ3n) is 4.15. The molecule has 168 valence electrons. The molecule has 0 spiro atoms. The second kappa shape index (κ2) is 12.1. The van der Waals surface area contributed by atoms with Crippen LogP contribution in [0.2, 0.25) is 0 Å². The van der Waals surface area contributed by atoms with Gasteiger partial charge in [-0.15, -0.1) is 0 Å². The molecule has 0 fully saturated rings. The number of anilines is 1. The Hall–Kier alpha value is -2.84. The van der Waals surface area contributed by atoms with Crippen molar-refractivity contribution in [3.63, 3.8) is 0 Å². The summed E-state index contributed by atoms with van der Waals surface area (Å²) in [4.78, 5) is 12.0. The lowest BCUT2D eigenvalue weighted by Crippen LogP contribution is -2.28. The summed E-state index contributed by atoms with van der Waals surface area (Å²) in [5.74, 6) is -0.0556. The zero-order valence-electron chi connectivity index (χ0n) is 18.0. The third kappa shape index (κ3) is 9.23. The Labute approximate surface area is 184 Å². The molecule has 0 radical (unpaired) electrons. The largest absolute Gasteiger partial charge is 0.464 e. The zero-order valence-corrected chi connectivity index (χ0v) is 18.9. The van der Waals surface area contributed by atoms with Gasteiger partial charge in [0.25, 0.3) is 0 Å². The van der Waals surface area contributed by atoms with E-state index >= 15 is 0 Å². The van der Waals surface area contributed by atoms with Gasteiger partial charge in [0.15, 0.2) is 6.10 Å². The molecule has 0 saturated carbocycles. The van der Waals surface area contributed by atoms with Crippen molar-refractivity contribution >= 4 is 27.9 Å². The van der Waals surface area contributed by atoms with Crippen molar-refractivity contribution in [2.75, 3.05) is 31.3 Å². The van der Waals surface area contributed by atoms with Crippen molar-refractivity contribution in [3.8, 4) is 5.75 Å². The summed E-state index contributed by atoms with van der Waals surface area (Å²) in [6.07, 6.45) is 4.77. The summed E-state index contributed by atoms with van der Waals surface area (Å²) in [7, 11) is -3.52. The standard InChI is InChI=1S/C23H29NO6S/c1-4-28-22(23(25)29-5-2)17-19-8-12-20(13-9-19)24-16-6-7-18-10-14-21(15-11-18)30-31(3,26)27/h6-15,22,24H,4-5,16-17H2,1-3H3/b7-6+. The van der Waals surface area contributed by atoms with Gasteiger partial charge in [-0.3, -0.25) is 0 Å². The number of rotatable bonds is 12. The van der Waals surface area contributed by atoms with Crippen LogP contribution in [-0.2, 0) is 30.8 Å². The summed E-state index contributed by atoms with van der Waals surface area (Å²) >= 11 is 0. The third-order valence-corrected chi connectivity index (χ3v) is 4.65. The van der Waals surface area contributed by atoms with E-state index in [-0.39, 0.29) is 11.7 Å². The number of nitrogens with one attached hydrogen (secondary N) is 1. The fourth-order valence-corrected chi connectivity index (χ4v) is 3.26. The molecule has 2 aromatic rings. The van der Waals surface area contributed by atoms with Gasteiger partial charge < -0.3 is 19.0 Å². The van der Waals surface area contributed by atoms with Crippen LogP contribution in [0.15, 0.2) is 54.6 Å². The maximum absolute atomic E-state index is 12.0. The first-order valence-electron chi connectivity index (χ1n) is 10.1. The topological polar surface area (TPSA) is 90.9 Å². The van der Waals surface area contributed by atoms with Crippen molar-refractivity contribution in [2.45, 2.75) is 26.4 Å². The van der Waals surface area contributed by atoms with Crippen LogP contribution >= 0.6 is 0 Å². The maximum Gasteiger partial charge on any atom is 0.335 e. The Morgan fingerprint density at radius 3 is 2.29 bits per heavy atom. The van der Waals surface area contributed by atoms with Crippen molar-refractivity contribution in [2.24, 2.45) is 0 Å². The molecular formula is C23H29NO6S. The molecule has 0 saturated heterocycles. The molecule has 7 nitrogen and oxygen atoms in total. The lowest BCUT2D eigenvalue weighted by Gasteiger charge is -2.15. The smallest absolute Gasteiger partial charge is 0.335 e. The average molecular weight is 448 g/mol. The van der Waals surface area contributed by atoms with Gasteiger partial charge in [-0.2, -0.15) is 8.42 Å². The van der Waals surface area contributed by atoms with Crippen LogP contribution in [0.25, 0.3) is 6.08 Å². The molecule has 1 N–H and O–H groups in total. The first-order valence-corrected chi connectivity index (χ1v) is 11.9. The van der Waals surface area contributed by atoms with Crippen LogP contribution in [0.5, 0.6) is 5.75 Å². The highest BCUT2D eigenvalue weighted by Gasteiger charge is 2.20. The highest BCUT2D eigenvalue weighted by Crippen LogP contribution is 2.16. The average Bonchev–Trinajstić information content (AvgIpc) is 2.72. The Balaban J connectivity index is 1.84. The van der Waals surface area contributed by atoms with Gasteiger partial charge >= 0.3 is 16.1 Å². The van der Waals surface area contributed by atoms with Gasteiger partial charge in [-0.05, 0) is 49.2 Å². The van der Waals surface area contributed by atoms with Crippen LogP contribution in [0.1, 0.15) is 25.0 Å². The lowest BCUT2D eigenvalue weighted by atomic mass is 10.1. The Kier molecular flexibility index (Phi) is 9.55. The second-order valence-electron chi connectivity index (χ2n) is 6.74. The molecule has 0 aliphatic rings. The molecule has 1 unspecified atom stereocenters. The van der Waals surface area contributed by atoms with Crippen LogP contribution in [0, 0.1) is 0 Å². The number of hydrogen-bond acceptors (Lipinski definition) is 7. The highest BCUT2D eigenvalue weighted by atomic mass is 32.2. The van der Waals surface area contributed by atoms with E-state index in [1.807, 2.05) is 43.3 Å². The zero-order chi connectivity index (χ0) is 22.7. The van der Waals surface area contributed by atoms with Gasteiger partial charge in [0.1, 0.15) is 5.75 Å². The van der Waals surface area contributed by atoms with Gasteiger partial charge in [-0.25, -0.2) is 4.79 Å². The molecule has 1 atom stereocenters. The molecular weight excluding hydrogens is 418 g/mol. The number of hydrogen-bond donors (Lipinski definition) is 1. The molecule has 2 rings (SSSR count). The quantitative estimate of drug-likeness (QED) is 0.392. The van der Waals surface area contributed by atoms with Gasteiger partial charge in [-0.1, -0.05) is 36.4 Å². The van der Waals surface area contributed by atoms with Crippen LogP contribution in [-0.4, -0.2) is 46.5 Å². The minimum absolute atomic E-state index is 0.285. The van der Waals surface area contributed by atoms with Crippen molar-refractivity contribution in [1.82, 2.24) is 0 Å². The lowest BCUT2D eigenvalue weighted by molar-refractivity contribution is -0.156. The SMILES string of the molecule is CCOC(=O)C(Cc1ccc(NC/C=C/c2ccc(OS(C)(=O)=O)cc2)cc1)OCC. The fraction of sp³-hybridized carbons (Fsp3) is 0.348. The number of carbonyl (C=O) groups is 1. The number of carbonyl (C=O) groups excluding carboxylic acids is 1. The van der Waals surface area contributed by atoms with E-state index in [1.54, 1.807) is 31.2 Å². The Bertz CT molecular complexity index is 953. The van der Waals surface area contributed by atoms with Crippen LogP contribution < -0.4 is 9.50 Å². The van der Waals surface area contributed by atoms with Crippen LogP contribution in [0.3, 0.4) is 0 Å². The van der Waals surface area contributed by atoms with E-state index < -0.39 is 16.2 Å². The van der Waals surface area contributed by atoms with Gasteiger partial charge in [0.05, 0.1) is 12.9 Å². The minimum atomic E-state index is -3.52. The number of ether oxygens (including phenoxy) is 2. The summed E-state index contributed by atoms with van der Waals surface area (Å²) < 4.78 is 37.6. The maximum atomic E-state index is 12.0. The molecule has 0 aliphatic heterocycles. The molecule has 31 heavy (non-hydrogen) atoms. The molecule has 0 amide bonds. The minimum Gasteiger partial charge on any atom is -0.464 e. The summed E-state index contributed by atoms with van der Waals surface area (Å²) in [5, 5.41) is 3.29. The van der Waals surface area contributed by atoms with Crippen molar-refractivity contribution in [1.29, 1.82) is 0 Å². The molecule has 0 aromatic heterocycles. The summed E-state index contributed by atoms with van der Waals surface area (Å²) in [5.41, 5.74) is 2.87. The van der Waals surface area contributed by atoms with E-state index in [0.29, 0.717) is 26.2 Å². The molecule has 0 bridgehead atoms.